The topological polar surface area (TPSA) is 66.0 Å². The number of rotatable bonds is 2. The number of carbonyl (C=O) groups is 1. The summed E-state index contributed by atoms with van der Waals surface area (Å²) < 4.78 is 0. The summed E-state index contributed by atoms with van der Waals surface area (Å²) in [4.78, 5) is 17.1. The Labute approximate surface area is 76.4 Å². The van der Waals surface area contributed by atoms with E-state index in [2.05, 4.69) is 9.97 Å². The Balaban J connectivity index is 0.00000121. The average Bonchev–Trinajstić information content (AvgIpc) is 2.10. The van der Waals surface area contributed by atoms with Crippen molar-refractivity contribution in [2.75, 3.05) is 0 Å². The first kappa shape index (κ1) is 11.0. The molecule has 0 aliphatic carbocycles. The number of aryl methyl sites for hydroxylation is 2. The predicted octanol–water partition coefficient (Wildman–Crippen LogP) is 1.08. The molecule has 0 aliphatic rings. The van der Waals surface area contributed by atoms with Crippen molar-refractivity contribution in [3.63, 3.8) is 0 Å². The molecule has 0 aromatic carbocycles. The minimum atomic E-state index is -0.862. The van der Waals surface area contributed by atoms with Crippen LogP contribution in [0.2, 0.25) is 0 Å². The lowest BCUT2D eigenvalue weighted by atomic mass is 10.4. The first-order chi connectivity index (χ1) is 5.09. The molecule has 1 aromatic heterocycles. The molecule has 2 N–H and O–H groups in total. The molecule has 1 heterocycles. The molecule has 0 radical (unpaired) electrons. The van der Waals surface area contributed by atoms with Gasteiger partial charge < -0.3 is 10.1 Å². The first-order valence-electron chi connectivity index (χ1n) is 3.33. The van der Waals surface area contributed by atoms with Gasteiger partial charge in [0.2, 0.25) is 0 Å². The highest BCUT2D eigenvalue weighted by molar-refractivity contribution is 5.85. The van der Waals surface area contributed by atoms with Gasteiger partial charge in [0.15, 0.2) is 0 Å². The molecule has 0 saturated carbocycles. The number of hydrogen-bond acceptors (Lipinski definition) is 2. The largest absolute Gasteiger partial charge is 0.481 e. The van der Waals surface area contributed by atoms with Gasteiger partial charge in [-0.15, -0.1) is 12.4 Å². The summed E-state index contributed by atoms with van der Waals surface area (Å²) in [6, 6.07) is 0. The van der Waals surface area contributed by atoms with Crippen molar-refractivity contribution in [2.24, 2.45) is 0 Å². The van der Waals surface area contributed by atoms with Crippen LogP contribution in [-0.2, 0) is 11.2 Å². The Morgan fingerprint density at radius 3 is 2.50 bits per heavy atom. The van der Waals surface area contributed by atoms with Gasteiger partial charge in [0, 0.05) is 5.69 Å². The van der Waals surface area contributed by atoms with Crippen LogP contribution in [0, 0.1) is 13.8 Å². The van der Waals surface area contributed by atoms with E-state index in [4.69, 9.17) is 5.11 Å². The summed E-state index contributed by atoms with van der Waals surface area (Å²) in [7, 11) is 0. The van der Waals surface area contributed by atoms with Gasteiger partial charge in [-0.2, -0.15) is 0 Å². The number of aliphatic carboxylic acids is 1. The molecule has 5 heteroatoms. The van der Waals surface area contributed by atoms with Crippen LogP contribution in [0.1, 0.15) is 17.2 Å². The molecule has 1 aromatic rings. The van der Waals surface area contributed by atoms with Crippen LogP contribution in [-0.4, -0.2) is 21.0 Å². The van der Waals surface area contributed by atoms with Gasteiger partial charge in [-0.25, -0.2) is 4.98 Å². The van der Waals surface area contributed by atoms with E-state index in [0.717, 1.165) is 11.4 Å². The van der Waals surface area contributed by atoms with Gasteiger partial charge in [-0.1, -0.05) is 0 Å². The Morgan fingerprint density at radius 1 is 1.58 bits per heavy atom. The number of carboxylic acid groups (broad SMARTS) is 1. The van der Waals surface area contributed by atoms with Crippen molar-refractivity contribution in [3.05, 3.63) is 17.2 Å². The van der Waals surface area contributed by atoms with E-state index >= 15 is 0 Å². The highest BCUT2D eigenvalue weighted by Crippen LogP contribution is 2.02. The fourth-order valence-electron chi connectivity index (χ4n) is 0.848. The average molecular weight is 191 g/mol. The molecule has 0 saturated heterocycles. The third-order valence-electron chi connectivity index (χ3n) is 1.50. The fraction of sp³-hybridized carbons (Fsp3) is 0.429. The minimum Gasteiger partial charge on any atom is -0.481 e. The van der Waals surface area contributed by atoms with Crippen molar-refractivity contribution in [3.8, 4) is 0 Å². The van der Waals surface area contributed by atoms with Gasteiger partial charge in [0.25, 0.3) is 0 Å². The number of carboxylic acids is 1. The van der Waals surface area contributed by atoms with E-state index in [-0.39, 0.29) is 18.8 Å². The first-order valence-corrected chi connectivity index (χ1v) is 3.33. The Kier molecular flexibility index (Phi) is 3.76. The van der Waals surface area contributed by atoms with Crippen molar-refractivity contribution in [2.45, 2.75) is 20.3 Å². The zero-order valence-electron chi connectivity index (χ0n) is 6.92. The highest BCUT2D eigenvalue weighted by atomic mass is 35.5. The van der Waals surface area contributed by atoms with E-state index in [9.17, 15) is 4.79 Å². The van der Waals surface area contributed by atoms with Crippen LogP contribution in [0.15, 0.2) is 0 Å². The summed E-state index contributed by atoms with van der Waals surface area (Å²) in [5.74, 6) is -0.341. The summed E-state index contributed by atoms with van der Waals surface area (Å²) >= 11 is 0. The lowest BCUT2D eigenvalue weighted by molar-refractivity contribution is -0.136. The van der Waals surface area contributed by atoms with E-state index in [1.165, 1.54) is 0 Å². The number of H-pyrrole nitrogens is 1. The lowest BCUT2D eigenvalue weighted by Gasteiger charge is -1.86. The van der Waals surface area contributed by atoms with Crippen LogP contribution in [0.4, 0.5) is 0 Å². The monoisotopic (exact) mass is 190 g/mol. The molecule has 1 rings (SSSR count). The molecule has 0 fully saturated rings. The van der Waals surface area contributed by atoms with Gasteiger partial charge in [0.1, 0.15) is 12.2 Å². The van der Waals surface area contributed by atoms with Crippen LogP contribution in [0.5, 0.6) is 0 Å². The second-order valence-electron chi connectivity index (χ2n) is 2.46. The lowest BCUT2D eigenvalue weighted by Crippen LogP contribution is -2.01. The van der Waals surface area contributed by atoms with Crippen LogP contribution in [0.3, 0.4) is 0 Å². The Morgan fingerprint density at radius 2 is 2.17 bits per heavy atom. The summed E-state index contributed by atoms with van der Waals surface area (Å²) in [6.07, 6.45) is -0.0331. The summed E-state index contributed by atoms with van der Waals surface area (Å²) in [5.41, 5.74) is 1.79. The Bertz CT molecular complexity index is 263. The molecule has 0 amide bonds. The third kappa shape index (κ3) is 2.54. The molecular formula is C7H11ClN2O2. The number of nitrogens with one attached hydrogen (secondary N) is 1. The van der Waals surface area contributed by atoms with E-state index < -0.39 is 5.97 Å². The molecule has 0 unspecified atom stereocenters. The minimum absolute atomic E-state index is 0. The van der Waals surface area contributed by atoms with Gasteiger partial charge >= 0.3 is 5.97 Å². The zero-order chi connectivity index (χ0) is 8.43. The van der Waals surface area contributed by atoms with Crippen LogP contribution >= 0.6 is 12.4 Å². The fourth-order valence-corrected chi connectivity index (χ4v) is 0.848. The van der Waals surface area contributed by atoms with Crippen molar-refractivity contribution in [1.82, 2.24) is 9.97 Å². The second-order valence-corrected chi connectivity index (χ2v) is 2.46. The van der Waals surface area contributed by atoms with Crippen molar-refractivity contribution < 1.29 is 9.90 Å². The number of hydrogen-bond donors (Lipinski definition) is 2. The molecular weight excluding hydrogens is 180 g/mol. The highest BCUT2D eigenvalue weighted by Gasteiger charge is 2.05. The number of aromatic nitrogens is 2. The maximum Gasteiger partial charge on any atom is 0.311 e. The predicted molar refractivity (Wildman–Crippen MR) is 46.6 cm³/mol. The van der Waals surface area contributed by atoms with Crippen LogP contribution < -0.4 is 0 Å². The van der Waals surface area contributed by atoms with Gasteiger partial charge in [-0.3, -0.25) is 4.79 Å². The number of nitrogens with zero attached hydrogens (tertiary/aromatic N) is 1. The van der Waals surface area contributed by atoms with Gasteiger partial charge in [0.05, 0.1) is 5.69 Å². The molecule has 12 heavy (non-hydrogen) atoms. The summed E-state index contributed by atoms with van der Waals surface area (Å²) in [6.45, 7) is 3.71. The van der Waals surface area contributed by atoms with Gasteiger partial charge in [-0.05, 0) is 13.8 Å². The molecule has 4 nitrogen and oxygen atoms in total. The molecule has 0 aliphatic heterocycles. The second kappa shape index (κ2) is 4.11. The van der Waals surface area contributed by atoms with E-state index in [1.807, 2.05) is 13.8 Å². The quantitative estimate of drug-likeness (QED) is 0.734. The maximum atomic E-state index is 10.2. The smallest absolute Gasteiger partial charge is 0.311 e. The normalized spacial score (nSPS) is 9.17. The van der Waals surface area contributed by atoms with Crippen molar-refractivity contribution in [1.29, 1.82) is 0 Å². The summed E-state index contributed by atoms with van der Waals surface area (Å²) in [5, 5.41) is 8.41. The SMILES string of the molecule is Cc1nc(CC(=O)O)[nH]c1C.Cl. The van der Waals surface area contributed by atoms with Crippen molar-refractivity contribution >= 4 is 18.4 Å². The maximum absolute atomic E-state index is 10.2. The van der Waals surface area contributed by atoms with E-state index in [0.29, 0.717) is 5.82 Å². The zero-order valence-corrected chi connectivity index (χ0v) is 7.73. The number of aromatic amines is 1. The third-order valence-corrected chi connectivity index (χ3v) is 1.50. The molecule has 0 spiro atoms. The standard InChI is InChI=1S/C7H10N2O2.ClH/c1-4-5(2)9-6(8-4)3-7(10)11;/h3H2,1-2H3,(H,8,9)(H,10,11);1H. The van der Waals surface area contributed by atoms with E-state index in [1.54, 1.807) is 0 Å². The molecule has 0 bridgehead atoms. The molecule has 68 valence electrons. The molecule has 0 atom stereocenters. The van der Waals surface area contributed by atoms with Crippen LogP contribution in [0.25, 0.3) is 0 Å². The Hall–Kier alpha value is -1.03. The number of halogens is 1. The number of imidazole rings is 1.